The summed E-state index contributed by atoms with van der Waals surface area (Å²) in [5.41, 5.74) is 1.66. The lowest BCUT2D eigenvalue weighted by Crippen LogP contribution is -2.40. The first kappa shape index (κ1) is 15.1. The molecule has 2 rings (SSSR count). The molecule has 1 N–H and O–H groups in total. The number of hydrogen-bond acceptors (Lipinski definition) is 2. The molecule has 0 radical (unpaired) electrons. The Morgan fingerprint density at radius 2 is 1.84 bits per heavy atom. The summed E-state index contributed by atoms with van der Waals surface area (Å²) < 4.78 is 0.953. The van der Waals surface area contributed by atoms with Crippen molar-refractivity contribution in [2.75, 3.05) is 5.32 Å². The number of anilines is 1. The second kappa shape index (κ2) is 5.25. The van der Waals surface area contributed by atoms with E-state index < -0.39 is 0 Å². The van der Waals surface area contributed by atoms with E-state index in [-0.39, 0.29) is 0 Å². The van der Waals surface area contributed by atoms with Gasteiger partial charge in [-0.3, -0.25) is 0 Å². The highest BCUT2D eigenvalue weighted by atomic mass is 79.9. The first-order chi connectivity index (χ1) is 8.67. The van der Waals surface area contributed by atoms with Crippen LogP contribution >= 0.6 is 27.5 Å². The summed E-state index contributed by atoms with van der Waals surface area (Å²) in [5, 5.41) is 4.12. The van der Waals surface area contributed by atoms with Crippen LogP contribution in [0.3, 0.4) is 0 Å². The molecule has 0 amide bonds. The van der Waals surface area contributed by atoms with Crippen LogP contribution < -0.4 is 5.32 Å². The average Bonchev–Trinajstić information content (AvgIpc) is 2.18. The molecule has 2 nitrogen and oxygen atoms in total. The number of halogens is 2. The highest BCUT2D eigenvalue weighted by Gasteiger charge is 2.38. The monoisotopic (exact) mass is 344 g/mol. The van der Waals surface area contributed by atoms with Crippen molar-refractivity contribution in [3.63, 3.8) is 0 Å². The van der Waals surface area contributed by atoms with Crippen LogP contribution in [0.2, 0.25) is 5.15 Å². The van der Waals surface area contributed by atoms with Gasteiger partial charge in [-0.1, -0.05) is 39.3 Å². The van der Waals surface area contributed by atoms with Gasteiger partial charge in [0, 0.05) is 16.7 Å². The van der Waals surface area contributed by atoms with Gasteiger partial charge in [-0.2, -0.15) is 0 Å². The third-order valence-electron chi connectivity index (χ3n) is 3.72. The van der Waals surface area contributed by atoms with E-state index in [4.69, 9.17) is 11.6 Å². The van der Waals surface area contributed by atoms with Gasteiger partial charge >= 0.3 is 0 Å². The van der Waals surface area contributed by atoms with Gasteiger partial charge < -0.3 is 5.32 Å². The van der Waals surface area contributed by atoms with Crippen LogP contribution in [-0.4, -0.2) is 11.0 Å². The van der Waals surface area contributed by atoms with E-state index in [2.05, 4.69) is 53.9 Å². The molecule has 1 aromatic heterocycles. The summed E-state index contributed by atoms with van der Waals surface area (Å²) in [6.45, 7) is 9.40. The van der Waals surface area contributed by atoms with Crippen molar-refractivity contribution in [2.24, 2.45) is 10.8 Å². The molecule has 1 aliphatic rings. The maximum atomic E-state index is 6.16. The number of aromatic nitrogens is 1. The van der Waals surface area contributed by atoms with Crippen molar-refractivity contribution in [1.29, 1.82) is 0 Å². The Morgan fingerprint density at radius 3 is 2.42 bits per heavy atom. The largest absolute Gasteiger partial charge is 0.380 e. The summed E-state index contributed by atoms with van der Waals surface area (Å²) in [4.78, 5) is 4.17. The smallest absolute Gasteiger partial charge is 0.152 e. The summed E-state index contributed by atoms with van der Waals surface area (Å²) in [6.07, 6.45) is 5.32. The van der Waals surface area contributed by atoms with E-state index in [9.17, 15) is 0 Å². The molecule has 1 aliphatic carbocycles. The first-order valence-corrected chi connectivity index (χ1v) is 7.92. The summed E-state index contributed by atoms with van der Waals surface area (Å²) in [6, 6.07) is 2.46. The molecule has 1 aromatic rings. The van der Waals surface area contributed by atoms with Crippen molar-refractivity contribution in [2.45, 2.75) is 53.0 Å². The molecule has 0 unspecified atom stereocenters. The highest BCUT2D eigenvalue weighted by molar-refractivity contribution is 9.10. The summed E-state index contributed by atoms with van der Waals surface area (Å²) >= 11 is 9.61. The van der Waals surface area contributed by atoms with Crippen molar-refractivity contribution in [1.82, 2.24) is 4.98 Å². The minimum absolute atomic E-state index is 0.366. The Balaban J connectivity index is 2.16. The van der Waals surface area contributed by atoms with E-state index in [0.717, 1.165) is 10.2 Å². The van der Waals surface area contributed by atoms with Crippen molar-refractivity contribution in [3.8, 4) is 0 Å². The fraction of sp³-hybridized carbons (Fsp3) is 0.667. The van der Waals surface area contributed by atoms with Crippen LogP contribution in [0.5, 0.6) is 0 Å². The maximum absolute atomic E-state index is 6.16. The van der Waals surface area contributed by atoms with Crippen LogP contribution in [0.4, 0.5) is 5.69 Å². The van der Waals surface area contributed by atoms with Gasteiger partial charge in [0.15, 0.2) is 5.15 Å². The predicted octanol–water partition coefficient (Wildman–Crippen LogP) is 5.51. The zero-order chi connectivity index (χ0) is 14.3. The minimum Gasteiger partial charge on any atom is -0.380 e. The molecule has 106 valence electrons. The standard InChI is InChI=1S/C15H22BrClN2/c1-14(2)6-11(7-15(3,4)9-14)19-12-5-10(16)8-18-13(12)17/h5,8,11,19H,6-7,9H2,1-4H3. The van der Waals surface area contributed by atoms with Crippen LogP contribution in [0.15, 0.2) is 16.7 Å². The van der Waals surface area contributed by atoms with Crippen LogP contribution in [0.1, 0.15) is 47.0 Å². The molecule has 1 saturated carbocycles. The van der Waals surface area contributed by atoms with Gasteiger partial charge in [0.25, 0.3) is 0 Å². The SMILES string of the molecule is CC1(C)CC(Nc2cc(Br)cnc2Cl)CC(C)(C)C1. The molecule has 0 aliphatic heterocycles. The summed E-state index contributed by atoms with van der Waals surface area (Å²) in [7, 11) is 0. The predicted molar refractivity (Wildman–Crippen MR) is 85.8 cm³/mol. The Morgan fingerprint density at radius 1 is 1.26 bits per heavy atom. The number of rotatable bonds is 2. The third kappa shape index (κ3) is 4.09. The van der Waals surface area contributed by atoms with Crippen LogP contribution in [0, 0.1) is 10.8 Å². The Kier molecular flexibility index (Phi) is 4.18. The number of nitrogens with one attached hydrogen (secondary N) is 1. The molecular formula is C15H22BrClN2. The molecule has 19 heavy (non-hydrogen) atoms. The number of nitrogens with zero attached hydrogens (tertiary/aromatic N) is 1. The Hall–Kier alpha value is -0.280. The van der Waals surface area contributed by atoms with Gasteiger partial charge in [-0.15, -0.1) is 0 Å². The quantitative estimate of drug-likeness (QED) is 0.714. The second-order valence-electron chi connectivity index (χ2n) is 7.25. The zero-order valence-electron chi connectivity index (χ0n) is 12.1. The van der Waals surface area contributed by atoms with E-state index in [1.807, 2.05) is 6.07 Å². The Bertz CT molecular complexity index is 455. The number of hydrogen-bond donors (Lipinski definition) is 1. The Labute approximate surface area is 129 Å². The molecule has 0 aromatic carbocycles. The number of pyridine rings is 1. The fourth-order valence-corrected chi connectivity index (χ4v) is 4.18. The molecule has 0 saturated heterocycles. The van der Waals surface area contributed by atoms with E-state index in [1.54, 1.807) is 6.20 Å². The van der Waals surface area contributed by atoms with E-state index >= 15 is 0 Å². The van der Waals surface area contributed by atoms with Gasteiger partial charge in [0.1, 0.15) is 0 Å². The maximum Gasteiger partial charge on any atom is 0.152 e. The molecule has 0 spiro atoms. The molecule has 1 fully saturated rings. The molecule has 0 atom stereocenters. The summed E-state index contributed by atoms with van der Waals surface area (Å²) in [5.74, 6) is 0. The van der Waals surface area contributed by atoms with Gasteiger partial charge in [0.2, 0.25) is 0 Å². The normalized spacial score (nSPS) is 22.2. The third-order valence-corrected chi connectivity index (χ3v) is 4.46. The van der Waals surface area contributed by atoms with Gasteiger partial charge in [-0.05, 0) is 52.1 Å². The fourth-order valence-electron chi connectivity index (χ4n) is 3.69. The van der Waals surface area contributed by atoms with Gasteiger partial charge in [-0.25, -0.2) is 4.98 Å². The second-order valence-corrected chi connectivity index (χ2v) is 8.52. The van der Waals surface area contributed by atoms with Crippen molar-refractivity contribution < 1.29 is 0 Å². The molecule has 1 heterocycles. The van der Waals surface area contributed by atoms with Crippen molar-refractivity contribution in [3.05, 3.63) is 21.9 Å². The van der Waals surface area contributed by atoms with Crippen LogP contribution in [0.25, 0.3) is 0 Å². The highest BCUT2D eigenvalue weighted by Crippen LogP contribution is 2.46. The lowest BCUT2D eigenvalue weighted by molar-refractivity contribution is 0.105. The van der Waals surface area contributed by atoms with Crippen LogP contribution in [-0.2, 0) is 0 Å². The first-order valence-electron chi connectivity index (χ1n) is 6.75. The van der Waals surface area contributed by atoms with E-state index in [0.29, 0.717) is 22.0 Å². The minimum atomic E-state index is 0.366. The van der Waals surface area contributed by atoms with E-state index in [1.165, 1.54) is 19.3 Å². The average molecular weight is 346 g/mol. The lowest BCUT2D eigenvalue weighted by atomic mass is 9.63. The lowest BCUT2D eigenvalue weighted by Gasteiger charge is -2.45. The molecule has 4 heteroatoms. The van der Waals surface area contributed by atoms with Crippen molar-refractivity contribution >= 4 is 33.2 Å². The zero-order valence-corrected chi connectivity index (χ0v) is 14.4. The van der Waals surface area contributed by atoms with Gasteiger partial charge in [0.05, 0.1) is 5.69 Å². The topological polar surface area (TPSA) is 24.9 Å². The molecule has 0 bridgehead atoms. The molecular weight excluding hydrogens is 324 g/mol.